The van der Waals surface area contributed by atoms with Crippen molar-refractivity contribution in [2.45, 2.75) is 38.0 Å². The number of hydrogen-bond donors (Lipinski definition) is 2. The van der Waals surface area contributed by atoms with Crippen LogP contribution in [0.2, 0.25) is 0 Å². The van der Waals surface area contributed by atoms with Gasteiger partial charge < -0.3 is 10.1 Å². The first kappa shape index (κ1) is 21.4. The maximum atomic E-state index is 12.7. The second-order valence-electron chi connectivity index (χ2n) is 6.00. The molecule has 0 saturated carbocycles. The number of para-hydroxylation sites is 1. The Kier molecular flexibility index (Phi) is 7.56. The molecule has 0 fully saturated rings. The van der Waals surface area contributed by atoms with Gasteiger partial charge in [0.2, 0.25) is 5.91 Å². The number of carbonyl (C=O) groups is 3. The number of esters is 1. The van der Waals surface area contributed by atoms with Gasteiger partial charge in [-0.15, -0.1) is 0 Å². The summed E-state index contributed by atoms with van der Waals surface area (Å²) < 4.78 is 5.79. The van der Waals surface area contributed by atoms with Gasteiger partial charge in [0.15, 0.2) is 5.16 Å². The number of aromatic nitrogens is 2. The Labute approximate surface area is 165 Å². The summed E-state index contributed by atoms with van der Waals surface area (Å²) in [7, 11) is 1.22. The quantitative estimate of drug-likeness (QED) is 0.404. The van der Waals surface area contributed by atoms with Gasteiger partial charge in [-0.05, 0) is 25.5 Å². The lowest BCUT2D eigenvalue weighted by Crippen LogP contribution is -2.44. The van der Waals surface area contributed by atoms with Crippen molar-refractivity contribution in [3.8, 4) is 0 Å². The van der Waals surface area contributed by atoms with E-state index in [0.29, 0.717) is 10.9 Å². The first-order valence-corrected chi connectivity index (χ1v) is 9.63. The van der Waals surface area contributed by atoms with Gasteiger partial charge in [-0.25, -0.2) is 9.78 Å². The van der Waals surface area contributed by atoms with Crippen LogP contribution in [0.1, 0.15) is 20.3 Å². The molecule has 1 aromatic carbocycles. The largest absolute Gasteiger partial charge is 0.468 e. The van der Waals surface area contributed by atoms with Gasteiger partial charge in [0.1, 0.15) is 6.54 Å². The number of methoxy groups -OCH3 is 1. The number of rotatable bonds is 7. The van der Waals surface area contributed by atoms with Crippen LogP contribution in [0.4, 0.5) is 4.79 Å². The smallest absolute Gasteiger partial charge is 0.325 e. The second kappa shape index (κ2) is 9.88. The third-order valence-electron chi connectivity index (χ3n) is 3.92. The third kappa shape index (κ3) is 5.56. The number of nitrogens with zero attached hydrogens (tertiary/aromatic N) is 2. The van der Waals surface area contributed by atoms with Crippen LogP contribution in [0.15, 0.2) is 34.2 Å². The van der Waals surface area contributed by atoms with E-state index in [0.717, 1.165) is 22.7 Å². The molecule has 0 radical (unpaired) electrons. The molecule has 10 heteroatoms. The van der Waals surface area contributed by atoms with Crippen LogP contribution in [0, 0.1) is 0 Å². The van der Waals surface area contributed by atoms with Gasteiger partial charge in [-0.2, -0.15) is 0 Å². The number of ether oxygens (including phenoxy) is 1. The van der Waals surface area contributed by atoms with Gasteiger partial charge in [0.25, 0.3) is 5.56 Å². The van der Waals surface area contributed by atoms with Crippen LogP contribution in [0.25, 0.3) is 10.9 Å². The molecule has 0 saturated heterocycles. The number of fused-ring (bicyclic) bond motifs is 1. The normalized spacial score (nSPS) is 11.7. The molecule has 3 amide bonds. The summed E-state index contributed by atoms with van der Waals surface area (Å²) in [4.78, 5) is 52.5. The zero-order valence-electron chi connectivity index (χ0n) is 15.9. The molecule has 9 nitrogen and oxygen atoms in total. The molecule has 28 heavy (non-hydrogen) atoms. The van der Waals surface area contributed by atoms with Crippen LogP contribution >= 0.6 is 11.8 Å². The molecular weight excluding hydrogens is 384 g/mol. The van der Waals surface area contributed by atoms with E-state index in [1.165, 1.54) is 7.11 Å². The summed E-state index contributed by atoms with van der Waals surface area (Å²) in [5, 5.41) is 5.39. The predicted molar refractivity (Wildman–Crippen MR) is 105 cm³/mol. The summed E-state index contributed by atoms with van der Waals surface area (Å²) >= 11 is 0.955. The highest BCUT2D eigenvalue weighted by Gasteiger charge is 2.17. The molecule has 0 spiro atoms. The maximum absolute atomic E-state index is 12.7. The average Bonchev–Trinajstić information content (AvgIpc) is 2.68. The number of carbonyl (C=O) groups excluding carboxylic acids is 3. The average molecular weight is 406 g/mol. The molecule has 2 N–H and O–H groups in total. The zero-order valence-corrected chi connectivity index (χ0v) is 16.7. The second-order valence-corrected chi connectivity index (χ2v) is 6.94. The van der Waals surface area contributed by atoms with Crippen LogP contribution in [0.5, 0.6) is 0 Å². The molecule has 150 valence electrons. The Morgan fingerprint density at radius 3 is 2.68 bits per heavy atom. The molecule has 0 aliphatic carbocycles. The Morgan fingerprint density at radius 2 is 2.00 bits per heavy atom. The molecule has 1 heterocycles. The number of benzene rings is 1. The summed E-state index contributed by atoms with van der Waals surface area (Å²) in [5.74, 6) is -1.31. The highest BCUT2D eigenvalue weighted by Crippen LogP contribution is 2.17. The van der Waals surface area contributed by atoms with E-state index in [1.807, 2.05) is 13.8 Å². The van der Waals surface area contributed by atoms with Crippen LogP contribution in [-0.4, -0.2) is 46.4 Å². The number of imide groups is 1. The fourth-order valence-electron chi connectivity index (χ4n) is 2.25. The Hall–Kier alpha value is -2.88. The fraction of sp³-hybridized carbons (Fsp3) is 0.389. The number of hydrogen-bond acceptors (Lipinski definition) is 7. The maximum Gasteiger partial charge on any atom is 0.325 e. The number of thioether (sulfide) groups is 1. The SMILES string of the molecule is CC[C@@H](C)NC(=O)NC(=O)CSc1nc2ccccc2c(=O)n1CC(=O)OC. The summed E-state index contributed by atoms with van der Waals surface area (Å²) in [5.41, 5.74) is 0.0412. The van der Waals surface area contributed by atoms with E-state index in [1.54, 1.807) is 24.3 Å². The van der Waals surface area contributed by atoms with Crippen LogP contribution in [-0.2, 0) is 20.9 Å². The predicted octanol–water partition coefficient (Wildman–Crippen LogP) is 1.29. The van der Waals surface area contributed by atoms with Crippen molar-refractivity contribution in [1.29, 1.82) is 0 Å². The van der Waals surface area contributed by atoms with Gasteiger partial charge in [-0.1, -0.05) is 30.8 Å². The topological polar surface area (TPSA) is 119 Å². The minimum Gasteiger partial charge on any atom is -0.468 e. The highest BCUT2D eigenvalue weighted by atomic mass is 32.2. The number of nitrogens with one attached hydrogen (secondary N) is 2. The summed E-state index contributed by atoms with van der Waals surface area (Å²) in [6.07, 6.45) is 0.733. The van der Waals surface area contributed by atoms with E-state index in [4.69, 9.17) is 0 Å². The van der Waals surface area contributed by atoms with Gasteiger partial charge in [0, 0.05) is 6.04 Å². The van der Waals surface area contributed by atoms with Crippen molar-refractivity contribution in [2.24, 2.45) is 0 Å². The lowest BCUT2D eigenvalue weighted by molar-refractivity contribution is -0.141. The van der Waals surface area contributed by atoms with Crippen molar-refractivity contribution in [3.63, 3.8) is 0 Å². The molecule has 0 aliphatic rings. The van der Waals surface area contributed by atoms with Crippen molar-refractivity contribution < 1.29 is 19.1 Å². The number of urea groups is 1. The highest BCUT2D eigenvalue weighted by molar-refractivity contribution is 7.99. The van der Waals surface area contributed by atoms with Crippen molar-refractivity contribution in [1.82, 2.24) is 20.2 Å². The lowest BCUT2D eigenvalue weighted by Gasteiger charge is -2.13. The zero-order chi connectivity index (χ0) is 20.7. The van der Waals surface area contributed by atoms with Gasteiger partial charge >= 0.3 is 12.0 Å². The van der Waals surface area contributed by atoms with Crippen molar-refractivity contribution >= 4 is 40.6 Å². The van der Waals surface area contributed by atoms with E-state index < -0.39 is 23.5 Å². The molecule has 0 bridgehead atoms. The van der Waals surface area contributed by atoms with E-state index >= 15 is 0 Å². The Morgan fingerprint density at radius 1 is 1.29 bits per heavy atom. The molecule has 1 aromatic heterocycles. The number of amides is 3. The minimum atomic E-state index is -0.613. The standard InChI is InChI=1S/C18H22N4O5S/c1-4-11(2)19-17(26)21-14(23)10-28-18-20-13-8-6-5-7-12(13)16(25)22(18)9-15(24)27-3/h5-8,11H,4,9-10H2,1-3H3,(H2,19,21,23,26)/t11-/m1/s1. The lowest BCUT2D eigenvalue weighted by atomic mass is 10.2. The van der Waals surface area contributed by atoms with Crippen LogP contribution in [0.3, 0.4) is 0 Å². The van der Waals surface area contributed by atoms with Crippen LogP contribution < -0.4 is 16.2 Å². The third-order valence-corrected chi connectivity index (χ3v) is 4.89. The van der Waals surface area contributed by atoms with E-state index in [-0.39, 0.29) is 23.5 Å². The minimum absolute atomic E-state index is 0.0622. The molecule has 1 atom stereocenters. The molecule has 0 unspecified atom stereocenters. The summed E-state index contributed by atoms with van der Waals surface area (Å²) in [6.45, 7) is 3.41. The van der Waals surface area contributed by atoms with Crippen molar-refractivity contribution in [2.75, 3.05) is 12.9 Å². The molecular formula is C18H22N4O5S. The Balaban J connectivity index is 2.19. The first-order valence-electron chi connectivity index (χ1n) is 8.65. The molecule has 0 aliphatic heterocycles. The summed E-state index contributed by atoms with van der Waals surface area (Å²) in [6, 6.07) is 6.07. The van der Waals surface area contributed by atoms with E-state index in [2.05, 4.69) is 20.4 Å². The van der Waals surface area contributed by atoms with E-state index in [9.17, 15) is 19.2 Å². The first-order chi connectivity index (χ1) is 13.3. The van der Waals surface area contributed by atoms with Gasteiger partial charge in [-0.3, -0.25) is 24.3 Å². The fourth-order valence-corrected chi connectivity index (χ4v) is 3.04. The molecule has 2 rings (SSSR count). The van der Waals surface area contributed by atoms with Gasteiger partial charge in [0.05, 0.1) is 23.8 Å². The van der Waals surface area contributed by atoms with Crippen molar-refractivity contribution in [3.05, 3.63) is 34.6 Å². The Bertz CT molecular complexity index is 943. The molecule has 2 aromatic rings. The monoisotopic (exact) mass is 406 g/mol.